The first-order valence-corrected chi connectivity index (χ1v) is 7.54. The van der Waals surface area contributed by atoms with E-state index in [0.717, 1.165) is 22.9 Å². The number of benzene rings is 2. The Balaban J connectivity index is 1.93. The second-order valence-corrected chi connectivity index (χ2v) is 6.02. The van der Waals surface area contributed by atoms with Crippen LogP contribution in [0.3, 0.4) is 0 Å². The predicted molar refractivity (Wildman–Crippen MR) is 90.1 cm³/mol. The van der Waals surface area contributed by atoms with Crippen molar-refractivity contribution in [1.82, 2.24) is 0 Å². The molecule has 22 heavy (non-hydrogen) atoms. The number of nitrogens with one attached hydrogen (secondary N) is 1. The number of carbonyl (C=O) groups is 1. The number of hydrogen-bond acceptors (Lipinski definition) is 4. The van der Waals surface area contributed by atoms with Gasteiger partial charge in [0.2, 0.25) is 0 Å². The van der Waals surface area contributed by atoms with Crippen LogP contribution in [0, 0.1) is 12.3 Å². The topological polar surface area (TPSA) is 64.4 Å². The molecule has 4 nitrogen and oxygen atoms in total. The van der Waals surface area contributed by atoms with Gasteiger partial charge in [-0.2, -0.15) is 0 Å². The van der Waals surface area contributed by atoms with Crippen molar-refractivity contribution in [3.05, 3.63) is 64.6 Å². The zero-order chi connectivity index (χ0) is 15.7. The second kappa shape index (κ2) is 5.69. The quantitative estimate of drug-likeness (QED) is 0.830. The van der Waals surface area contributed by atoms with E-state index in [1.165, 1.54) is 4.90 Å². The molecule has 5 heteroatoms. The fraction of sp³-hybridized carbons (Fsp3) is 0.0588. The van der Waals surface area contributed by atoms with Crippen molar-refractivity contribution >= 4 is 34.6 Å². The summed E-state index contributed by atoms with van der Waals surface area (Å²) >= 11 is 1.12. The van der Waals surface area contributed by atoms with Crippen molar-refractivity contribution in [2.24, 2.45) is 0 Å². The molecule has 0 saturated carbocycles. The van der Waals surface area contributed by atoms with Crippen LogP contribution < -0.4 is 4.90 Å². The summed E-state index contributed by atoms with van der Waals surface area (Å²) in [6.07, 6.45) is 1.69. The molecule has 0 spiro atoms. The Hall–Kier alpha value is -2.53. The molecule has 2 aromatic rings. The van der Waals surface area contributed by atoms with Crippen LogP contribution in [0.4, 0.5) is 5.69 Å². The maximum Gasteiger partial charge on any atom is 0.271 e. The lowest BCUT2D eigenvalue weighted by Gasteiger charge is -2.14. The molecule has 0 bridgehead atoms. The highest BCUT2D eigenvalue weighted by molar-refractivity contribution is 8.19. The van der Waals surface area contributed by atoms with Crippen LogP contribution >= 0.6 is 11.8 Å². The number of rotatable bonds is 2. The van der Waals surface area contributed by atoms with Crippen LogP contribution in [0.2, 0.25) is 0 Å². The Morgan fingerprint density at radius 2 is 1.91 bits per heavy atom. The Labute approximate surface area is 132 Å². The fourth-order valence-corrected chi connectivity index (χ4v) is 3.04. The van der Waals surface area contributed by atoms with Gasteiger partial charge in [-0.25, -0.2) is 0 Å². The summed E-state index contributed by atoms with van der Waals surface area (Å²) in [5.74, 6) is -0.0718. The molecule has 1 fully saturated rings. The van der Waals surface area contributed by atoms with Crippen LogP contribution in [0.15, 0.2) is 53.4 Å². The van der Waals surface area contributed by atoms with E-state index in [2.05, 4.69) is 0 Å². The number of phenols is 1. The van der Waals surface area contributed by atoms with E-state index < -0.39 is 0 Å². The number of hydrogen-bond donors (Lipinski definition) is 2. The Morgan fingerprint density at radius 3 is 2.59 bits per heavy atom. The van der Waals surface area contributed by atoms with Crippen molar-refractivity contribution in [2.75, 3.05) is 4.90 Å². The second-order valence-electron chi connectivity index (χ2n) is 4.99. The van der Waals surface area contributed by atoms with E-state index in [0.29, 0.717) is 10.6 Å². The van der Waals surface area contributed by atoms with E-state index in [1.807, 2.05) is 31.2 Å². The first-order valence-electron chi connectivity index (χ1n) is 6.73. The first kappa shape index (κ1) is 14.4. The van der Waals surface area contributed by atoms with Crippen molar-refractivity contribution in [3.8, 4) is 5.75 Å². The number of aryl methyl sites for hydroxylation is 1. The smallest absolute Gasteiger partial charge is 0.271 e. The minimum atomic E-state index is -0.220. The Bertz CT molecular complexity index is 782. The highest BCUT2D eigenvalue weighted by Crippen LogP contribution is 2.35. The van der Waals surface area contributed by atoms with Gasteiger partial charge in [-0.05, 0) is 54.6 Å². The summed E-state index contributed by atoms with van der Waals surface area (Å²) in [5.41, 5.74) is 2.52. The molecule has 0 aliphatic carbocycles. The van der Waals surface area contributed by atoms with E-state index in [9.17, 15) is 9.90 Å². The van der Waals surface area contributed by atoms with Gasteiger partial charge >= 0.3 is 0 Å². The minimum Gasteiger partial charge on any atom is -0.508 e. The number of thioether (sulfide) groups is 1. The molecule has 3 rings (SSSR count). The molecule has 0 atom stereocenters. The summed E-state index contributed by atoms with van der Waals surface area (Å²) in [6, 6.07) is 14.2. The van der Waals surface area contributed by atoms with Crippen molar-refractivity contribution < 1.29 is 9.90 Å². The fourth-order valence-electron chi connectivity index (χ4n) is 2.18. The summed E-state index contributed by atoms with van der Waals surface area (Å²) in [6.45, 7) is 1.98. The van der Waals surface area contributed by atoms with Gasteiger partial charge in [-0.15, -0.1) is 0 Å². The summed E-state index contributed by atoms with van der Waals surface area (Å²) < 4.78 is 0. The van der Waals surface area contributed by atoms with Gasteiger partial charge in [0.1, 0.15) is 5.75 Å². The average Bonchev–Trinajstić information content (AvgIpc) is 2.75. The maximum atomic E-state index is 12.5. The number of amidine groups is 1. The van der Waals surface area contributed by atoms with Crippen LogP contribution in [-0.2, 0) is 4.79 Å². The van der Waals surface area contributed by atoms with Crippen molar-refractivity contribution in [2.45, 2.75) is 6.92 Å². The van der Waals surface area contributed by atoms with Crippen LogP contribution in [0.1, 0.15) is 11.1 Å². The predicted octanol–water partition coefficient (Wildman–Crippen LogP) is 3.76. The molecule has 1 aliphatic rings. The van der Waals surface area contributed by atoms with Gasteiger partial charge in [-0.1, -0.05) is 29.8 Å². The van der Waals surface area contributed by atoms with E-state index in [1.54, 1.807) is 30.3 Å². The minimum absolute atomic E-state index is 0.148. The number of nitrogens with zero attached hydrogens (tertiary/aromatic N) is 1. The third-order valence-electron chi connectivity index (χ3n) is 3.28. The molecular formula is C17H14N2O2S. The number of carbonyl (C=O) groups excluding carboxylic acids is 1. The molecule has 2 aromatic carbocycles. The van der Waals surface area contributed by atoms with E-state index >= 15 is 0 Å². The van der Waals surface area contributed by atoms with Gasteiger partial charge in [0, 0.05) is 0 Å². The zero-order valence-corrected chi connectivity index (χ0v) is 12.7. The lowest BCUT2D eigenvalue weighted by Crippen LogP contribution is -2.28. The maximum absolute atomic E-state index is 12.5. The molecule has 1 aliphatic heterocycles. The van der Waals surface area contributed by atoms with Gasteiger partial charge in [0.25, 0.3) is 5.91 Å². The monoisotopic (exact) mass is 310 g/mol. The third kappa shape index (κ3) is 2.76. The summed E-state index contributed by atoms with van der Waals surface area (Å²) in [7, 11) is 0. The molecular weight excluding hydrogens is 296 g/mol. The SMILES string of the molecule is Cc1ccc(N2C(=N)S/C(=C\c3cccc(O)c3)C2=O)cc1. The number of anilines is 1. The van der Waals surface area contributed by atoms with Gasteiger partial charge in [-0.3, -0.25) is 15.1 Å². The molecule has 2 N–H and O–H groups in total. The zero-order valence-electron chi connectivity index (χ0n) is 11.9. The van der Waals surface area contributed by atoms with Crippen molar-refractivity contribution in [3.63, 3.8) is 0 Å². The number of phenolic OH excluding ortho intramolecular Hbond substituents is 1. The van der Waals surface area contributed by atoms with Crippen molar-refractivity contribution in [1.29, 1.82) is 5.41 Å². The molecule has 110 valence electrons. The number of aromatic hydroxyl groups is 1. The Kier molecular flexibility index (Phi) is 3.73. The molecule has 0 aromatic heterocycles. The molecule has 1 heterocycles. The highest BCUT2D eigenvalue weighted by Gasteiger charge is 2.33. The largest absolute Gasteiger partial charge is 0.508 e. The first-order chi connectivity index (χ1) is 10.5. The van der Waals surface area contributed by atoms with Gasteiger partial charge in [0.05, 0.1) is 10.6 Å². The van der Waals surface area contributed by atoms with Crippen LogP contribution in [0.5, 0.6) is 5.75 Å². The summed E-state index contributed by atoms with van der Waals surface area (Å²) in [5, 5.41) is 17.7. The van der Waals surface area contributed by atoms with Gasteiger partial charge in [0.15, 0.2) is 5.17 Å². The van der Waals surface area contributed by atoms with Crippen LogP contribution in [-0.4, -0.2) is 16.2 Å². The average molecular weight is 310 g/mol. The molecule has 1 amide bonds. The standard InChI is InChI=1S/C17H14N2O2S/c1-11-5-7-13(8-6-11)19-16(21)15(22-17(19)18)10-12-3-2-4-14(20)9-12/h2-10,18,20H,1H3/b15-10-,18-17?. The van der Waals surface area contributed by atoms with E-state index in [4.69, 9.17) is 5.41 Å². The van der Waals surface area contributed by atoms with E-state index in [-0.39, 0.29) is 16.8 Å². The lowest BCUT2D eigenvalue weighted by atomic mass is 10.2. The third-order valence-corrected chi connectivity index (χ3v) is 4.17. The molecule has 0 unspecified atom stereocenters. The normalized spacial score (nSPS) is 16.6. The lowest BCUT2D eigenvalue weighted by molar-refractivity contribution is -0.113. The number of amides is 1. The molecule has 0 radical (unpaired) electrons. The van der Waals surface area contributed by atoms with Crippen LogP contribution in [0.25, 0.3) is 6.08 Å². The molecule has 1 saturated heterocycles. The van der Waals surface area contributed by atoms with Gasteiger partial charge < -0.3 is 5.11 Å². The summed E-state index contributed by atoms with van der Waals surface area (Å²) in [4.78, 5) is 14.4. The Morgan fingerprint density at radius 1 is 1.18 bits per heavy atom. The highest BCUT2D eigenvalue weighted by atomic mass is 32.2.